The van der Waals surface area contributed by atoms with Crippen molar-refractivity contribution in [2.75, 3.05) is 24.6 Å². The van der Waals surface area contributed by atoms with Gasteiger partial charge < -0.3 is 21.7 Å². The van der Waals surface area contributed by atoms with Gasteiger partial charge in [0.15, 0.2) is 0 Å². The zero-order valence-corrected chi connectivity index (χ0v) is 10.7. The molecule has 1 unspecified atom stereocenters. The highest BCUT2D eigenvalue weighted by molar-refractivity contribution is 5.98. The average molecular weight is 263 g/mol. The SMILES string of the molecule is CN1CC(Nc2ncc(N)cc2C(N)=O)CCC1=O. The van der Waals surface area contributed by atoms with Crippen LogP contribution in [0.3, 0.4) is 0 Å². The summed E-state index contributed by atoms with van der Waals surface area (Å²) in [5.74, 6) is -0.0459. The number of likely N-dealkylation sites (tertiary alicyclic amines) is 1. The highest BCUT2D eigenvalue weighted by Gasteiger charge is 2.24. The maximum Gasteiger partial charge on any atom is 0.252 e. The van der Waals surface area contributed by atoms with Crippen molar-refractivity contribution in [1.82, 2.24) is 9.88 Å². The maximum atomic E-state index is 11.4. The topological polar surface area (TPSA) is 114 Å². The standard InChI is InChI=1S/C12H17N5O2/c1-17-6-8(2-3-10(17)18)16-12-9(11(14)19)4-7(13)5-15-12/h4-5,8H,2-3,6,13H2,1H3,(H2,14,19)(H,15,16). The summed E-state index contributed by atoms with van der Waals surface area (Å²) in [5, 5.41) is 3.15. The number of nitrogens with zero attached hydrogens (tertiary/aromatic N) is 2. The van der Waals surface area contributed by atoms with E-state index in [4.69, 9.17) is 11.5 Å². The van der Waals surface area contributed by atoms with Crippen LogP contribution in [0, 0.1) is 0 Å². The third-order valence-corrected chi connectivity index (χ3v) is 3.14. The number of carbonyl (C=O) groups is 2. The van der Waals surface area contributed by atoms with Crippen molar-refractivity contribution < 1.29 is 9.59 Å². The summed E-state index contributed by atoms with van der Waals surface area (Å²) in [7, 11) is 1.75. The second-order valence-corrected chi connectivity index (χ2v) is 4.68. The van der Waals surface area contributed by atoms with Crippen molar-refractivity contribution >= 4 is 23.3 Å². The Morgan fingerprint density at radius 3 is 2.95 bits per heavy atom. The fraction of sp³-hybridized carbons (Fsp3) is 0.417. The van der Waals surface area contributed by atoms with E-state index in [1.807, 2.05) is 0 Å². The molecule has 0 saturated carbocycles. The predicted molar refractivity (Wildman–Crippen MR) is 71.4 cm³/mol. The largest absolute Gasteiger partial charge is 0.397 e. The minimum atomic E-state index is -0.581. The zero-order chi connectivity index (χ0) is 14.0. The van der Waals surface area contributed by atoms with E-state index < -0.39 is 5.91 Å². The van der Waals surface area contributed by atoms with Crippen molar-refractivity contribution in [1.29, 1.82) is 0 Å². The summed E-state index contributed by atoms with van der Waals surface area (Å²) in [4.78, 5) is 28.5. The molecule has 1 atom stereocenters. The third kappa shape index (κ3) is 2.93. The monoisotopic (exact) mass is 263 g/mol. The molecule has 7 nitrogen and oxygen atoms in total. The number of anilines is 2. The first-order valence-electron chi connectivity index (χ1n) is 6.03. The van der Waals surface area contributed by atoms with Crippen molar-refractivity contribution in [2.24, 2.45) is 5.73 Å². The Morgan fingerprint density at radius 1 is 1.58 bits per heavy atom. The first-order chi connectivity index (χ1) is 8.97. The number of hydrogen-bond acceptors (Lipinski definition) is 5. The van der Waals surface area contributed by atoms with Crippen LogP contribution in [0.1, 0.15) is 23.2 Å². The van der Waals surface area contributed by atoms with Gasteiger partial charge in [-0.2, -0.15) is 0 Å². The van der Waals surface area contributed by atoms with Crippen molar-refractivity contribution in [3.05, 3.63) is 17.8 Å². The fourth-order valence-corrected chi connectivity index (χ4v) is 2.11. The molecule has 2 heterocycles. The van der Waals surface area contributed by atoms with Gasteiger partial charge in [-0.05, 0) is 12.5 Å². The van der Waals surface area contributed by atoms with Crippen LogP contribution in [0.5, 0.6) is 0 Å². The number of primary amides is 1. The Balaban J connectivity index is 2.15. The summed E-state index contributed by atoms with van der Waals surface area (Å²) in [6, 6.07) is 1.55. The van der Waals surface area contributed by atoms with Crippen LogP contribution < -0.4 is 16.8 Å². The van der Waals surface area contributed by atoms with Crippen LogP contribution in [0.2, 0.25) is 0 Å². The zero-order valence-electron chi connectivity index (χ0n) is 10.7. The molecule has 0 bridgehead atoms. The molecular formula is C12H17N5O2. The normalized spacial score (nSPS) is 19.3. The van der Waals surface area contributed by atoms with E-state index in [0.29, 0.717) is 30.9 Å². The summed E-state index contributed by atoms with van der Waals surface area (Å²) >= 11 is 0. The van der Waals surface area contributed by atoms with Crippen LogP contribution in [-0.4, -0.2) is 41.3 Å². The molecule has 19 heavy (non-hydrogen) atoms. The molecule has 102 valence electrons. The number of rotatable bonds is 3. The van der Waals surface area contributed by atoms with E-state index in [9.17, 15) is 9.59 Å². The van der Waals surface area contributed by atoms with E-state index >= 15 is 0 Å². The second-order valence-electron chi connectivity index (χ2n) is 4.68. The van der Waals surface area contributed by atoms with Gasteiger partial charge in [-0.1, -0.05) is 0 Å². The minimum Gasteiger partial charge on any atom is -0.397 e. The summed E-state index contributed by atoms with van der Waals surface area (Å²) in [5.41, 5.74) is 11.5. The van der Waals surface area contributed by atoms with Crippen molar-refractivity contribution in [3.8, 4) is 0 Å². The summed E-state index contributed by atoms with van der Waals surface area (Å²) in [6.07, 6.45) is 2.65. The average Bonchev–Trinajstić information content (AvgIpc) is 2.36. The molecule has 0 aromatic carbocycles. The molecule has 0 spiro atoms. The molecule has 1 aliphatic heterocycles. The van der Waals surface area contributed by atoms with Gasteiger partial charge in [0.2, 0.25) is 5.91 Å². The Morgan fingerprint density at radius 2 is 2.32 bits per heavy atom. The number of likely N-dealkylation sites (N-methyl/N-ethyl adjacent to an activating group) is 1. The van der Waals surface area contributed by atoms with E-state index in [2.05, 4.69) is 10.3 Å². The third-order valence-electron chi connectivity index (χ3n) is 3.14. The molecular weight excluding hydrogens is 246 g/mol. The summed E-state index contributed by atoms with van der Waals surface area (Å²) in [6.45, 7) is 0.573. The molecule has 0 aliphatic carbocycles. The Hall–Kier alpha value is -2.31. The molecule has 1 aromatic rings. The van der Waals surface area contributed by atoms with Gasteiger partial charge in [-0.25, -0.2) is 4.98 Å². The van der Waals surface area contributed by atoms with Crippen LogP contribution in [0.25, 0.3) is 0 Å². The van der Waals surface area contributed by atoms with Gasteiger partial charge in [0.25, 0.3) is 5.91 Å². The van der Waals surface area contributed by atoms with E-state index in [-0.39, 0.29) is 17.5 Å². The van der Waals surface area contributed by atoms with Crippen LogP contribution in [0.4, 0.5) is 11.5 Å². The number of nitrogen functional groups attached to an aromatic ring is 1. The molecule has 2 rings (SSSR count). The van der Waals surface area contributed by atoms with Gasteiger partial charge >= 0.3 is 0 Å². The molecule has 7 heteroatoms. The lowest BCUT2D eigenvalue weighted by Gasteiger charge is -2.30. The number of carbonyl (C=O) groups excluding carboxylic acids is 2. The van der Waals surface area contributed by atoms with E-state index in [1.165, 1.54) is 12.3 Å². The fourth-order valence-electron chi connectivity index (χ4n) is 2.11. The Kier molecular flexibility index (Phi) is 3.55. The minimum absolute atomic E-state index is 0.0527. The number of hydrogen-bond donors (Lipinski definition) is 3. The number of aromatic nitrogens is 1. The van der Waals surface area contributed by atoms with Gasteiger partial charge in [0.1, 0.15) is 5.82 Å². The van der Waals surface area contributed by atoms with Gasteiger partial charge in [0, 0.05) is 26.1 Å². The van der Waals surface area contributed by atoms with Crippen LogP contribution in [0.15, 0.2) is 12.3 Å². The highest BCUT2D eigenvalue weighted by atomic mass is 16.2. The van der Waals surface area contributed by atoms with Crippen LogP contribution in [-0.2, 0) is 4.79 Å². The van der Waals surface area contributed by atoms with Gasteiger partial charge in [-0.3, -0.25) is 9.59 Å². The second kappa shape index (κ2) is 5.13. The molecule has 1 saturated heterocycles. The first kappa shape index (κ1) is 13.1. The molecule has 2 amide bonds. The van der Waals surface area contributed by atoms with Crippen molar-refractivity contribution in [2.45, 2.75) is 18.9 Å². The number of nitrogens with two attached hydrogens (primary N) is 2. The lowest BCUT2D eigenvalue weighted by atomic mass is 10.1. The molecule has 1 aromatic heterocycles. The Labute approximate surface area is 111 Å². The predicted octanol–water partition coefficient (Wildman–Crippen LogP) is -0.205. The molecule has 0 radical (unpaired) electrons. The number of amides is 2. The van der Waals surface area contributed by atoms with E-state index in [1.54, 1.807) is 11.9 Å². The van der Waals surface area contributed by atoms with E-state index in [0.717, 1.165) is 0 Å². The smallest absolute Gasteiger partial charge is 0.252 e. The number of piperidine rings is 1. The first-order valence-corrected chi connectivity index (χ1v) is 6.03. The Bertz CT molecular complexity index is 517. The molecule has 5 N–H and O–H groups in total. The van der Waals surface area contributed by atoms with Gasteiger partial charge in [-0.15, -0.1) is 0 Å². The lowest BCUT2D eigenvalue weighted by Crippen LogP contribution is -2.43. The summed E-state index contributed by atoms with van der Waals surface area (Å²) < 4.78 is 0. The van der Waals surface area contributed by atoms with Crippen molar-refractivity contribution in [3.63, 3.8) is 0 Å². The number of nitrogens with one attached hydrogen (secondary N) is 1. The molecule has 1 fully saturated rings. The highest BCUT2D eigenvalue weighted by Crippen LogP contribution is 2.19. The lowest BCUT2D eigenvalue weighted by molar-refractivity contribution is -0.132. The molecule has 1 aliphatic rings. The van der Waals surface area contributed by atoms with Gasteiger partial charge in [0.05, 0.1) is 17.4 Å². The maximum absolute atomic E-state index is 11.4. The number of pyridine rings is 1. The van der Waals surface area contributed by atoms with Crippen LogP contribution >= 0.6 is 0 Å². The quantitative estimate of drug-likeness (QED) is 0.698.